The maximum atomic E-state index is 11.5. The van der Waals surface area contributed by atoms with Gasteiger partial charge in [0.15, 0.2) is 0 Å². The second kappa shape index (κ2) is 6.88. The zero-order chi connectivity index (χ0) is 12.7. The molecule has 0 radical (unpaired) electrons. The van der Waals surface area contributed by atoms with Gasteiger partial charge in [-0.05, 0) is 17.7 Å². The number of benzene rings is 1. The van der Waals surface area contributed by atoms with Gasteiger partial charge in [-0.3, -0.25) is 4.79 Å². The van der Waals surface area contributed by atoms with Crippen molar-refractivity contribution >= 4 is 11.6 Å². The molecule has 0 fully saturated rings. The van der Waals surface area contributed by atoms with E-state index in [0.29, 0.717) is 5.69 Å². The molecule has 5 nitrogen and oxygen atoms in total. The standard InChI is InChI=1S/C12H18N2O3/c1-17-8-11(15)7-14-12(16)6-9-3-2-4-10(13)5-9/h2-5,11,15H,6-8,13H2,1H3,(H,14,16). The number of carbonyl (C=O) groups is 1. The number of anilines is 1. The molecule has 0 aliphatic heterocycles. The lowest BCUT2D eigenvalue weighted by molar-refractivity contribution is -0.121. The van der Waals surface area contributed by atoms with Crippen LogP contribution in [-0.4, -0.2) is 37.4 Å². The molecule has 0 aromatic heterocycles. The Kier molecular flexibility index (Phi) is 5.45. The number of amides is 1. The minimum absolute atomic E-state index is 0.147. The highest BCUT2D eigenvalue weighted by Gasteiger charge is 2.07. The number of aliphatic hydroxyl groups excluding tert-OH is 1. The summed E-state index contributed by atoms with van der Waals surface area (Å²) in [5.41, 5.74) is 7.09. The van der Waals surface area contributed by atoms with Crippen molar-refractivity contribution in [3.8, 4) is 0 Å². The molecule has 0 heterocycles. The van der Waals surface area contributed by atoms with Crippen LogP contribution in [0.2, 0.25) is 0 Å². The van der Waals surface area contributed by atoms with Gasteiger partial charge in [0.25, 0.3) is 0 Å². The predicted octanol–water partition coefficient (Wildman–Crippen LogP) is -0.0652. The quantitative estimate of drug-likeness (QED) is 0.606. The predicted molar refractivity (Wildman–Crippen MR) is 65.5 cm³/mol. The van der Waals surface area contributed by atoms with E-state index in [1.807, 2.05) is 6.07 Å². The molecule has 0 aliphatic rings. The Hall–Kier alpha value is -1.59. The van der Waals surface area contributed by atoms with Crippen molar-refractivity contribution in [1.29, 1.82) is 0 Å². The summed E-state index contributed by atoms with van der Waals surface area (Å²) in [6.45, 7) is 0.396. The minimum atomic E-state index is -0.676. The van der Waals surface area contributed by atoms with Crippen LogP contribution in [0.4, 0.5) is 5.69 Å². The Balaban J connectivity index is 2.34. The van der Waals surface area contributed by atoms with Crippen LogP contribution in [0, 0.1) is 0 Å². The average molecular weight is 238 g/mol. The summed E-state index contributed by atoms with van der Waals surface area (Å²) in [5.74, 6) is -0.147. The first kappa shape index (κ1) is 13.5. The van der Waals surface area contributed by atoms with Crippen molar-refractivity contribution < 1.29 is 14.6 Å². The summed E-state index contributed by atoms with van der Waals surface area (Å²) in [6.07, 6.45) is -0.421. The fourth-order valence-electron chi connectivity index (χ4n) is 1.43. The molecule has 0 aliphatic carbocycles. The Labute approximate surface area is 101 Å². The van der Waals surface area contributed by atoms with E-state index in [1.165, 1.54) is 7.11 Å². The van der Waals surface area contributed by atoms with Crippen LogP contribution in [-0.2, 0) is 16.0 Å². The fourth-order valence-corrected chi connectivity index (χ4v) is 1.43. The van der Waals surface area contributed by atoms with Crippen molar-refractivity contribution in [3.05, 3.63) is 29.8 Å². The van der Waals surface area contributed by atoms with E-state index in [9.17, 15) is 9.90 Å². The van der Waals surface area contributed by atoms with E-state index >= 15 is 0 Å². The van der Waals surface area contributed by atoms with Gasteiger partial charge >= 0.3 is 0 Å². The van der Waals surface area contributed by atoms with Crippen molar-refractivity contribution in [2.75, 3.05) is 26.0 Å². The number of nitrogens with one attached hydrogen (secondary N) is 1. The maximum absolute atomic E-state index is 11.5. The van der Waals surface area contributed by atoms with Crippen LogP contribution in [0.3, 0.4) is 0 Å². The fraction of sp³-hybridized carbons (Fsp3) is 0.417. The van der Waals surface area contributed by atoms with Crippen molar-refractivity contribution in [1.82, 2.24) is 5.32 Å². The number of aliphatic hydroxyl groups is 1. The number of carbonyl (C=O) groups excluding carboxylic acids is 1. The molecule has 0 saturated carbocycles. The lowest BCUT2D eigenvalue weighted by atomic mass is 10.1. The van der Waals surface area contributed by atoms with Crippen LogP contribution < -0.4 is 11.1 Å². The van der Waals surface area contributed by atoms with Gasteiger partial charge in [0, 0.05) is 19.3 Å². The maximum Gasteiger partial charge on any atom is 0.224 e. The topological polar surface area (TPSA) is 84.6 Å². The molecule has 0 bridgehead atoms. The minimum Gasteiger partial charge on any atom is -0.399 e. The molecule has 1 unspecified atom stereocenters. The van der Waals surface area contributed by atoms with Crippen molar-refractivity contribution in [2.24, 2.45) is 0 Å². The summed E-state index contributed by atoms with van der Waals surface area (Å²) in [6, 6.07) is 7.16. The second-order valence-electron chi connectivity index (χ2n) is 3.84. The Morgan fingerprint density at radius 1 is 1.59 bits per heavy atom. The first-order chi connectivity index (χ1) is 8.11. The van der Waals surface area contributed by atoms with Crippen LogP contribution in [0.25, 0.3) is 0 Å². The monoisotopic (exact) mass is 238 g/mol. The number of methoxy groups -OCH3 is 1. The molecular formula is C12H18N2O3. The van der Waals surface area contributed by atoms with Gasteiger partial charge in [0.05, 0.1) is 19.1 Å². The number of hydrogen-bond donors (Lipinski definition) is 3. The molecule has 1 amide bonds. The molecule has 1 rings (SSSR count). The molecule has 0 saturated heterocycles. The smallest absolute Gasteiger partial charge is 0.224 e. The van der Waals surface area contributed by atoms with Crippen LogP contribution >= 0.6 is 0 Å². The highest BCUT2D eigenvalue weighted by Crippen LogP contribution is 2.06. The first-order valence-electron chi connectivity index (χ1n) is 5.40. The highest BCUT2D eigenvalue weighted by atomic mass is 16.5. The Bertz CT molecular complexity index is 369. The molecular weight excluding hydrogens is 220 g/mol. The van der Waals surface area contributed by atoms with Crippen molar-refractivity contribution in [2.45, 2.75) is 12.5 Å². The SMILES string of the molecule is COCC(O)CNC(=O)Cc1cccc(N)c1. The summed E-state index contributed by atoms with van der Waals surface area (Å²) in [5, 5.41) is 12.0. The number of ether oxygens (including phenoxy) is 1. The third kappa shape index (κ3) is 5.33. The normalized spacial score (nSPS) is 12.1. The largest absolute Gasteiger partial charge is 0.399 e. The summed E-state index contributed by atoms with van der Waals surface area (Å²) in [7, 11) is 1.50. The van der Waals surface area contributed by atoms with Gasteiger partial charge in [0.1, 0.15) is 0 Å². The molecule has 1 atom stereocenters. The van der Waals surface area contributed by atoms with E-state index < -0.39 is 6.10 Å². The number of rotatable bonds is 6. The molecule has 5 heteroatoms. The first-order valence-corrected chi connectivity index (χ1v) is 5.40. The van der Waals surface area contributed by atoms with E-state index in [-0.39, 0.29) is 25.5 Å². The van der Waals surface area contributed by atoms with Gasteiger partial charge in [-0.1, -0.05) is 12.1 Å². The van der Waals surface area contributed by atoms with Gasteiger partial charge < -0.3 is 20.9 Å². The molecule has 1 aromatic rings. The zero-order valence-electron chi connectivity index (χ0n) is 9.85. The van der Waals surface area contributed by atoms with E-state index in [0.717, 1.165) is 5.56 Å². The third-order valence-electron chi connectivity index (χ3n) is 2.21. The summed E-state index contributed by atoms with van der Waals surface area (Å²) < 4.78 is 4.75. The van der Waals surface area contributed by atoms with Crippen LogP contribution in [0.1, 0.15) is 5.56 Å². The molecule has 17 heavy (non-hydrogen) atoms. The van der Waals surface area contributed by atoms with Gasteiger partial charge in [0.2, 0.25) is 5.91 Å². The van der Waals surface area contributed by atoms with Crippen LogP contribution in [0.5, 0.6) is 0 Å². The third-order valence-corrected chi connectivity index (χ3v) is 2.21. The second-order valence-corrected chi connectivity index (χ2v) is 3.84. The van der Waals surface area contributed by atoms with E-state index in [2.05, 4.69) is 5.32 Å². The van der Waals surface area contributed by atoms with Gasteiger partial charge in [-0.15, -0.1) is 0 Å². The Morgan fingerprint density at radius 2 is 2.35 bits per heavy atom. The number of nitrogens with two attached hydrogens (primary N) is 1. The molecule has 1 aromatic carbocycles. The van der Waals surface area contributed by atoms with E-state index in [4.69, 9.17) is 10.5 Å². The lowest BCUT2D eigenvalue weighted by Gasteiger charge is -2.10. The lowest BCUT2D eigenvalue weighted by Crippen LogP contribution is -2.35. The van der Waals surface area contributed by atoms with Crippen LogP contribution in [0.15, 0.2) is 24.3 Å². The summed E-state index contributed by atoms with van der Waals surface area (Å²) >= 11 is 0. The van der Waals surface area contributed by atoms with Gasteiger partial charge in [-0.25, -0.2) is 0 Å². The zero-order valence-corrected chi connectivity index (χ0v) is 9.85. The Morgan fingerprint density at radius 3 is 3.00 bits per heavy atom. The molecule has 0 spiro atoms. The number of nitrogen functional groups attached to an aromatic ring is 1. The van der Waals surface area contributed by atoms with Crippen molar-refractivity contribution in [3.63, 3.8) is 0 Å². The number of hydrogen-bond acceptors (Lipinski definition) is 4. The van der Waals surface area contributed by atoms with E-state index in [1.54, 1.807) is 18.2 Å². The van der Waals surface area contributed by atoms with Gasteiger partial charge in [-0.2, -0.15) is 0 Å². The molecule has 4 N–H and O–H groups in total. The summed E-state index contributed by atoms with van der Waals surface area (Å²) in [4.78, 5) is 11.5. The average Bonchev–Trinajstić information content (AvgIpc) is 2.27. The molecule has 94 valence electrons. The highest BCUT2D eigenvalue weighted by molar-refractivity contribution is 5.78.